The number of esters is 3. The standard InChI is InChI=1S/C34H47N6O10P/c1-9-27(41)47-29-25(18-46-51(44,39-21(4)32(43)45-11-3)50-23-14-12-22(13-15-23)33(5,6)7)49-34(19-36-8,30(29)48-28(42)10-2)26-17-16-24-31(35)37-20-38-40(24)26/h12-17,20-21,25,29-30H,8-11,18-19H2,1-7H3,(H,39,44)(H2,35,37,38)/t21-,25?,29+,30+,34-,51?/m0/s1. The summed E-state index contributed by atoms with van der Waals surface area (Å²) in [4.78, 5) is 46.6. The second-order valence-corrected chi connectivity index (χ2v) is 14.6. The highest BCUT2D eigenvalue weighted by Gasteiger charge is 2.62. The first-order valence-electron chi connectivity index (χ1n) is 16.7. The van der Waals surface area contributed by atoms with Crippen molar-refractivity contribution in [2.45, 2.75) is 96.7 Å². The first-order chi connectivity index (χ1) is 24.1. The second kappa shape index (κ2) is 16.3. The van der Waals surface area contributed by atoms with Crippen LogP contribution in [0.15, 0.2) is 47.7 Å². The van der Waals surface area contributed by atoms with Crippen molar-refractivity contribution in [1.29, 1.82) is 0 Å². The molecule has 1 aliphatic rings. The summed E-state index contributed by atoms with van der Waals surface area (Å²) in [5.41, 5.74) is 6.06. The lowest BCUT2D eigenvalue weighted by Gasteiger charge is -2.33. The number of fused-ring (bicyclic) bond motifs is 1. The molecule has 3 heterocycles. The molecule has 1 aromatic carbocycles. The summed E-state index contributed by atoms with van der Waals surface area (Å²) >= 11 is 0. The van der Waals surface area contributed by atoms with Crippen LogP contribution in [0.25, 0.3) is 5.52 Å². The lowest BCUT2D eigenvalue weighted by molar-refractivity contribution is -0.171. The Balaban J connectivity index is 1.78. The van der Waals surface area contributed by atoms with Gasteiger partial charge in [-0.25, -0.2) is 14.1 Å². The Kier molecular flexibility index (Phi) is 12.6. The van der Waals surface area contributed by atoms with Crippen molar-refractivity contribution in [1.82, 2.24) is 19.7 Å². The van der Waals surface area contributed by atoms with Gasteiger partial charge in [-0.3, -0.25) is 23.9 Å². The number of carbonyl (C=O) groups is 3. The molecule has 6 atom stereocenters. The third kappa shape index (κ3) is 8.93. The first kappa shape index (κ1) is 39.4. The summed E-state index contributed by atoms with van der Waals surface area (Å²) in [5.74, 6) is -1.59. The normalized spacial score (nSPS) is 22.1. The number of anilines is 1. The molecule has 1 fully saturated rings. The van der Waals surface area contributed by atoms with Gasteiger partial charge >= 0.3 is 25.7 Å². The Hall–Kier alpha value is -4.37. The van der Waals surface area contributed by atoms with E-state index in [1.165, 1.54) is 17.8 Å². The molecule has 0 aliphatic carbocycles. The van der Waals surface area contributed by atoms with E-state index in [0.29, 0.717) is 11.2 Å². The molecule has 0 radical (unpaired) electrons. The number of nitrogens with two attached hydrogens (primary N) is 1. The monoisotopic (exact) mass is 730 g/mol. The molecule has 2 aromatic heterocycles. The molecule has 17 heteroatoms. The fourth-order valence-electron chi connectivity index (χ4n) is 5.58. The summed E-state index contributed by atoms with van der Waals surface area (Å²) in [6.45, 7) is 15.5. The predicted molar refractivity (Wildman–Crippen MR) is 187 cm³/mol. The number of hydrogen-bond donors (Lipinski definition) is 2. The van der Waals surface area contributed by atoms with Gasteiger partial charge in [0.15, 0.2) is 23.6 Å². The van der Waals surface area contributed by atoms with Crippen LogP contribution in [-0.4, -0.2) is 83.3 Å². The zero-order valence-corrected chi connectivity index (χ0v) is 30.9. The molecule has 1 saturated heterocycles. The van der Waals surface area contributed by atoms with Crippen LogP contribution in [0.5, 0.6) is 5.75 Å². The number of ether oxygens (including phenoxy) is 4. The van der Waals surface area contributed by atoms with Crippen LogP contribution in [0.1, 0.15) is 72.6 Å². The fourth-order valence-corrected chi connectivity index (χ4v) is 7.08. The van der Waals surface area contributed by atoms with Crippen molar-refractivity contribution in [3.05, 3.63) is 54.0 Å². The zero-order valence-electron chi connectivity index (χ0n) is 30.0. The molecule has 1 aliphatic heterocycles. The summed E-state index contributed by atoms with van der Waals surface area (Å²) < 4.78 is 51.4. The Morgan fingerprint density at radius 1 is 1.10 bits per heavy atom. The second-order valence-electron chi connectivity index (χ2n) is 12.9. The van der Waals surface area contributed by atoms with Crippen molar-refractivity contribution in [2.75, 3.05) is 25.5 Å². The maximum absolute atomic E-state index is 14.5. The number of nitrogens with zero attached hydrogens (tertiary/aromatic N) is 4. The van der Waals surface area contributed by atoms with Gasteiger partial charge in [0.05, 0.1) is 25.5 Å². The van der Waals surface area contributed by atoms with E-state index in [2.05, 4.69) is 47.7 Å². The van der Waals surface area contributed by atoms with Crippen LogP contribution in [0.4, 0.5) is 5.82 Å². The Morgan fingerprint density at radius 2 is 1.76 bits per heavy atom. The quantitative estimate of drug-likeness (QED) is 0.0914. The molecular formula is C34H47N6O10P. The van der Waals surface area contributed by atoms with Gasteiger partial charge < -0.3 is 29.2 Å². The molecule has 16 nitrogen and oxygen atoms in total. The number of nitrogens with one attached hydrogen (secondary N) is 1. The summed E-state index contributed by atoms with van der Waals surface area (Å²) in [6.07, 6.45) is -2.64. The molecule has 4 rings (SSSR count). The largest absolute Gasteiger partial charge is 0.465 e. The lowest BCUT2D eigenvalue weighted by atomic mass is 9.87. The van der Waals surface area contributed by atoms with E-state index in [9.17, 15) is 18.9 Å². The highest BCUT2D eigenvalue weighted by atomic mass is 31.2. The summed E-state index contributed by atoms with van der Waals surface area (Å²) in [5, 5.41) is 6.98. The van der Waals surface area contributed by atoms with E-state index >= 15 is 0 Å². The number of benzene rings is 1. The van der Waals surface area contributed by atoms with E-state index in [0.717, 1.165) is 5.56 Å². The van der Waals surface area contributed by atoms with Gasteiger partial charge in [-0.05, 0) is 55.8 Å². The molecule has 3 aromatic rings. The molecule has 3 N–H and O–H groups in total. The number of rotatable bonds is 16. The minimum Gasteiger partial charge on any atom is -0.465 e. The molecule has 0 spiro atoms. The van der Waals surface area contributed by atoms with Crippen LogP contribution in [0.3, 0.4) is 0 Å². The van der Waals surface area contributed by atoms with Crippen molar-refractivity contribution < 1.29 is 46.9 Å². The summed E-state index contributed by atoms with van der Waals surface area (Å²) in [7, 11) is -4.42. The number of aromatic nitrogens is 3. The van der Waals surface area contributed by atoms with Gasteiger partial charge in [0.25, 0.3) is 0 Å². The Morgan fingerprint density at radius 3 is 2.37 bits per heavy atom. The average molecular weight is 731 g/mol. The van der Waals surface area contributed by atoms with Crippen LogP contribution >= 0.6 is 7.75 Å². The Labute approximate surface area is 297 Å². The van der Waals surface area contributed by atoms with Crippen molar-refractivity contribution in [2.24, 2.45) is 4.99 Å². The lowest BCUT2D eigenvalue weighted by Crippen LogP contribution is -2.48. The van der Waals surface area contributed by atoms with E-state index in [1.54, 1.807) is 45.0 Å². The highest BCUT2D eigenvalue weighted by Crippen LogP contribution is 2.49. The number of carbonyl (C=O) groups excluding carboxylic acids is 3. The molecule has 51 heavy (non-hydrogen) atoms. The molecule has 278 valence electrons. The van der Waals surface area contributed by atoms with E-state index in [-0.39, 0.29) is 43.0 Å². The number of aliphatic imine (C=N–C) groups is 1. The van der Waals surface area contributed by atoms with Gasteiger partial charge in [0.2, 0.25) is 0 Å². The predicted octanol–water partition coefficient (Wildman–Crippen LogP) is 4.29. The highest BCUT2D eigenvalue weighted by molar-refractivity contribution is 7.52. The SMILES string of the molecule is C=NC[C@@]1(c2ccc3c(N)ncnn23)OC(COP(=O)(N[C@@H](C)C(=O)OCC)Oc2ccc(C(C)(C)C)cc2)[C@@H](OC(=O)CC)[C@H]1OC(=O)CC. The molecule has 0 bridgehead atoms. The average Bonchev–Trinajstić information content (AvgIpc) is 3.64. The van der Waals surface area contributed by atoms with Gasteiger partial charge in [-0.15, -0.1) is 0 Å². The van der Waals surface area contributed by atoms with E-state index in [1.807, 2.05) is 12.1 Å². The minimum absolute atomic E-state index is 0.0134. The van der Waals surface area contributed by atoms with E-state index in [4.69, 9.17) is 33.7 Å². The Bertz CT molecular complexity index is 1760. The van der Waals surface area contributed by atoms with Gasteiger partial charge in [-0.1, -0.05) is 46.8 Å². The molecule has 0 saturated carbocycles. The van der Waals surface area contributed by atoms with Gasteiger partial charge in [0.1, 0.15) is 29.7 Å². The smallest absolute Gasteiger partial charge is 0.459 e. The van der Waals surface area contributed by atoms with Crippen molar-refractivity contribution >= 4 is 43.7 Å². The number of hydrogen-bond acceptors (Lipinski definition) is 14. The van der Waals surface area contributed by atoms with Gasteiger partial charge in [-0.2, -0.15) is 10.2 Å². The fraction of sp³-hybridized carbons (Fsp3) is 0.529. The van der Waals surface area contributed by atoms with Crippen molar-refractivity contribution in [3.8, 4) is 5.75 Å². The zero-order chi connectivity index (χ0) is 37.6. The molecular weight excluding hydrogens is 683 g/mol. The van der Waals surface area contributed by atoms with Gasteiger partial charge in [0, 0.05) is 12.8 Å². The third-order valence-corrected chi connectivity index (χ3v) is 9.84. The van der Waals surface area contributed by atoms with Crippen molar-refractivity contribution in [3.63, 3.8) is 0 Å². The van der Waals surface area contributed by atoms with Crippen LogP contribution in [0.2, 0.25) is 0 Å². The summed E-state index contributed by atoms with van der Waals surface area (Å²) in [6, 6.07) is 9.12. The number of nitrogen functional groups attached to an aromatic ring is 1. The molecule has 2 unspecified atom stereocenters. The third-order valence-electron chi connectivity index (χ3n) is 8.20. The first-order valence-corrected chi connectivity index (χ1v) is 18.2. The van der Waals surface area contributed by atoms with E-state index < -0.39 is 62.2 Å². The maximum Gasteiger partial charge on any atom is 0.459 e. The van der Waals surface area contributed by atoms with Crippen LogP contribution in [-0.2, 0) is 53.4 Å². The van der Waals surface area contributed by atoms with Crippen LogP contribution < -0.4 is 15.3 Å². The minimum atomic E-state index is -4.42. The molecule has 0 amide bonds. The van der Waals surface area contributed by atoms with Crippen LogP contribution in [0, 0.1) is 0 Å². The topological polar surface area (TPSA) is 204 Å². The maximum atomic E-state index is 14.5.